The van der Waals surface area contributed by atoms with Crippen molar-refractivity contribution in [3.05, 3.63) is 39.0 Å². The van der Waals surface area contributed by atoms with Gasteiger partial charge in [-0.2, -0.15) is 5.10 Å². The Morgan fingerprint density at radius 3 is 3.00 bits per heavy atom. The first-order valence-corrected chi connectivity index (χ1v) is 6.34. The predicted octanol–water partition coefficient (Wildman–Crippen LogP) is 1.92. The van der Waals surface area contributed by atoms with E-state index in [1.165, 1.54) is 18.6 Å². The Morgan fingerprint density at radius 1 is 1.47 bits per heavy atom. The summed E-state index contributed by atoms with van der Waals surface area (Å²) in [6, 6.07) is 1.42. The highest BCUT2D eigenvalue weighted by atomic mass is 79.9. The summed E-state index contributed by atoms with van der Waals surface area (Å²) in [7, 11) is 0. The molecule has 9 heteroatoms. The number of nitrogens with zero attached hydrogens (tertiary/aromatic N) is 4. The molecule has 0 aliphatic heterocycles. The molecule has 0 atom stereocenters. The highest BCUT2D eigenvalue weighted by Gasteiger charge is 2.15. The fourth-order valence-corrected chi connectivity index (χ4v) is 1.84. The molecule has 0 bridgehead atoms. The number of nitro groups is 1. The lowest BCUT2D eigenvalue weighted by Crippen LogP contribution is -2.07. The molecule has 0 spiro atoms. The van der Waals surface area contributed by atoms with E-state index in [9.17, 15) is 10.1 Å². The molecule has 2 aromatic rings. The Hall–Kier alpha value is -2.03. The first-order valence-electron chi connectivity index (χ1n) is 5.55. The number of halogens is 1. The average Bonchev–Trinajstić information content (AvgIpc) is 2.89. The van der Waals surface area contributed by atoms with Crippen LogP contribution in [0.15, 0.2) is 23.1 Å². The largest absolute Gasteiger partial charge is 0.364 e. The standard InChI is InChI=1S/C10H11BrN6O2/c11-7-4-8(17(18)19)10(13-5-7)12-3-1-2-9-14-6-15-16-9/h4-6H,1-3H2,(H,12,13)(H,14,15,16). The van der Waals surface area contributed by atoms with E-state index >= 15 is 0 Å². The van der Waals surface area contributed by atoms with Crippen LogP contribution >= 0.6 is 15.9 Å². The van der Waals surface area contributed by atoms with Crippen LogP contribution in [-0.2, 0) is 6.42 Å². The van der Waals surface area contributed by atoms with Crippen LogP contribution in [0.4, 0.5) is 11.5 Å². The van der Waals surface area contributed by atoms with Gasteiger partial charge in [-0.15, -0.1) is 0 Å². The van der Waals surface area contributed by atoms with Crippen molar-refractivity contribution in [1.82, 2.24) is 20.2 Å². The number of nitrogens with one attached hydrogen (secondary N) is 2. The lowest BCUT2D eigenvalue weighted by molar-refractivity contribution is -0.384. The van der Waals surface area contributed by atoms with Gasteiger partial charge in [0.15, 0.2) is 0 Å². The van der Waals surface area contributed by atoms with Gasteiger partial charge < -0.3 is 5.32 Å². The molecular weight excluding hydrogens is 316 g/mol. The van der Waals surface area contributed by atoms with Gasteiger partial charge in [0.2, 0.25) is 5.82 Å². The van der Waals surface area contributed by atoms with Gasteiger partial charge in [0, 0.05) is 29.7 Å². The maximum absolute atomic E-state index is 10.9. The fraction of sp³-hybridized carbons (Fsp3) is 0.300. The number of aromatic nitrogens is 4. The highest BCUT2D eigenvalue weighted by molar-refractivity contribution is 9.10. The molecular formula is C10H11BrN6O2. The summed E-state index contributed by atoms with van der Waals surface area (Å²) in [5, 5.41) is 20.3. The summed E-state index contributed by atoms with van der Waals surface area (Å²) in [4.78, 5) is 18.4. The van der Waals surface area contributed by atoms with E-state index in [0.29, 0.717) is 11.0 Å². The van der Waals surface area contributed by atoms with Crippen molar-refractivity contribution in [2.75, 3.05) is 11.9 Å². The maximum Gasteiger partial charge on any atom is 0.312 e. The zero-order valence-corrected chi connectivity index (χ0v) is 11.4. The second-order valence-corrected chi connectivity index (χ2v) is 4.66. The van der Waals surface area contributed by atoms with E-state index in [1.807, 2.05) is 0 Å². The second-order valence-electron chi connectivity index (χ2n) is 3.74. The van der Waals surface area contributed by atoms with Gasteiger partial charge in [-0.1, -0.05) is 0 Å². The van der Waals surface area contributed by atoms with E-state index in [4.69, 9.17) is 0 Å². The molecule has 0 unspecified atom stereocenters. The van der Waals surface area contributed by atoms with E-state index in [-0.39, 0.29) is 11.5 Å². The van der Waals surface area contributed by atoms with E-state index in [0.717, 1.165) is 18.7 Å². The third-order valence-corrected chi connectivity index (χ3v) is 2.81. The number of aromatic amines is 1. The van der Waals surface area contributed by atoms with Gasteiger partial charge in [-0.05, 0) is 22.4 Å². The van der Waals surface area contributed by atoms with Crippen LogP contribution in [0.2, 0.25) is 0 Å². The van der Waals surface area contributed by atoms with Crippen molar-refractivity contribution >= 4 is 27.4 Å². The van der Waals surface area contributed by atoms with E-state index in [2.05, 4.69) is 41.4 Å². The third-order valence-electron chi connectivity index (χ3n) is 2.38. The Labute approximate surface area is 116 Å². The topological polar surface area (TPSA) is 110 Å². The Kier molecular flexibility index (Phi) is 4.39. The van der Waals surface area contributed by atoms with Crippen molar-refractivity contribution in [2.45, 2.75) is 12.8 Å². The number of pyridine rings is 1. The second kappa shape index (κ2) is 6.23. The summed E-state index contributed by atoms with van der Waals surface area (Å²) >= 11 is 3.16. The number of H-pyrrole nitrogens is 1. The monoisotopic (exact) mass is 326 g/mol. The zero-order valence-electron chi connectivity index (χ0n) is 9.84. The number of hydrogen-bond acceptors (Lipinski definition) is 6. The van der Waals surface area contributed by atoms with Gasteiger partial charge in [0.1, 0.15) is 12.2 Å². The first-order chi connectivity index (χ1) is 9.16. The summed E-state index contributed by atoms with van der Waals surface area (Å²) in [5.41, 5.74) is -0.0472. The lowest BCUT2D eigenvalue weighted by atomic mass is 10.3. The normalized spacial score (nSPS) is 10.4. The number of hydrogen-bond donors (Lipinski definition) is 2. The van der Waals surface area contributed by atoms with Gasteiger partial charge in [0.25, 0.3) is 0 Å². The van der Waals surface area contributed by atoms with Gasteiger partial charge >= 0.3 is 5.69 Å². The van der Waals surface area contributed by atoms with Crippen LogP contribution in [0.5, 0.6) is 0 Å². The maximum atomic E-state index is 10.9. The Bertz CT molecular complexity index is 559. The molecule has 8 nitrogen and oxygen atoms in total. The smallest absolute Gasteiger partial charge is 0.312 e. The molecule has 0 aromatic carbocycles. The lowest BCUT2D eigenvalue weighted by Gasteiger charge is -2.05. The van der Waals surface area contributed by atoms with Gasteiger partial charge in [-0.25, -0.2) is 9.97 Å². The fourth-order valence-electron chi connectivity index (χ4n) is 1.52. The number of aryl methyl sites for hydroxylation is 1. The van der Waals surface area contributed by atoms with Crippen LogP contribution < -0.4 is 5.32 Å². The minimum Gasteiger partial charge on any atom is -0.364 e. The van der Waals surface area contributed by atoms with Crippen LogP contribution in [0.25, 0.3) is 0 Å². The SMILES string of the molecule is O=[N+]([O-])c1cc(Br)cnc1NCCCc1ncn[nH]1. The molecule has 19 heavy (non-hydrogen) atoms. The zero-order chi connectivity index (χ0) is 13.7. The van der Waals surface area contributed by atoms with Crippen LogP contribution in [0.3, 0.4) is 0 Å². The molecule has 2 N–H and O–H groups in total. The average molecular weight is 327 g/mol. The molecule has 0 saturated heterocycles. The van der Waals surface area contributed by atoms with Crippen molar-refractivity contribution in [3.63, 3.8) is 0 Å². The Morgan fingerprint density at radius 2 is 2.32 bits per heavy atom. The quantitative estimate of drug-likeness (QED) is 0.476. The van der Waals surface area contributed by atoms with Crippen molar-refractivity contribution in [3.8, 4) is 0 Å². The number of anilines is 1. The van der Waals surface area contributed by atoms with Crippen molar-refractivity contribution < 1.29 is 4.92 Å². The third kappa shape index (κ3) is 3.71. The van der Waals surface area contributed by atoms with Crippen LogP contribution in [0, 0.1) is 10.1 Å². The molecule has 0 radical (unpaired) electrons. The molecule has 0 aliphatic carbocycles. The van der Waals surface area contributed by atoms with Crippen LogP contribution in [-0.4, -0.2) is 31.6 Å². The molecule has 0 aliphatic rings. The summed E-state index contributed by atoms with van der Waals surface area (Å²) in [5.74, 6) is 1.06. The minimum atomic E-state index is -0.462. The summed E-state index contributed by atoms with van der Waals surface area (Å²) in [6.07, 6.45) is 4.46. The minimum absolute atomic E-state index is 0.0472. The Balaban J connectivity index is 1.90. The van der Waals surface area contributed by atoms with Gasteiger partial charge in [0.05, 0.1) is 4.92 Å². The molecule has 0 amide bonds. The number of rotatable bonds is 6. The summed E-state index contributed by atoms with van der Waals surface area (Å²) in [6.45, 7) is 0.566. The van der Waals surface area contributed by atoms with Gasteiger partial charge in [-0.3, -0.25) is 15.2 Å². The molecule has 2 rings (SSSR count). The van der Waals surface area contributed by atoms with E-state index < -0.39 is 4.92 Å². The van der Waals surface area contributed by atoms with Crippen molar-refractivity contribution in [2.24, 2.45) is 0 Å². The first kappa shape index (κ1) is 13.4. The van der Waals surface area contributed by atoms with Crippen molar-refractivity contribution in [1.29, 1.82) is 0 Å². The highest BCUT2D eigenvalue weighted by Crippen LogP contribution is 2.25. The molecule has 0 fully saturated rings. The predicted molar refractivity (Wildman–Crippen MR) is 71.8 cm³/mol. The van der Waals surface area contributed by atoms with Crippen LogP contribution in [0.1, 0.15) is 12.2 Å². The molecule has 0 saturated carbocycles. The molecule has 100 valence electrons. The molecule has 2 aromatic heterocycles. The molecule has 2 heterocycles. The van der Waals surface area contributed by atoms with E-state index in [1.54, 1.807) is 0 Å². The summed E-state index contributed by atoms with van der Waals surface area (Å²) < 4.78 is 0.575.